The molecule has 2 aromatic carbocycles. The predicted molar refractivity (Wildman–Crippen MR) is 145 cm³/mol. The minimum absolute atomic E-state index is 0.00723. The predicted octanol–water partition coefficient (Wildman–Crippen LogP) is 5.27. The monoisotopic (exact) mass is 489 g/mol. The van der Waals surface area contributed by atoms with Crippen LogP contribution in [0.15, 0.2) is 48.7 Å². The van der Waals surface area contributed by atoms with Crippen LogP contribution in [0.3, 0.4) is 0 Å². The zero-order valence-electron chi connectivity index (χ0n) is 20.8. The van der Waals surface area contributed by atoms with Crippen molar-refractivity contribution in [1.82, 2.24) is 24.5 Å². The van der Waals surface area contributed by atoms with Gasteiger partial charge in [-0.05, 0) is 75.7 Å². The molecule has 2 aromatic heterocycles. The van der Waals surface area contributed by atoms with E-state index in [9.17, 15) is 4.79 Å². The van der Waals surface area contributed by atoms with Crippen molar-refractivity contribution in [2.24, 2.45) is 0 Å². The minimum Gasteiger partial charge on any atom is -0.352 e. The van der Waals surface area contributed by atoms with Gasteiger partial charge in [0.15, 0.2) is 4.96 Å². The summed E-state index contributed by atoms with van der Waals surface area (Å²) in [6.07, 6.45) is 5.71. The van der Waals surface area contributed by atoms with Crippen molar-refractivity contribution in [3.63, 3.8) is 0 Å². The van der Waals surface area contributed by atoms with E-state index >= 15 is 0 Å². The third-order valence-corrected chi connectivity index (χ3v) is 8.06. The van der Waals surface area contributed by atoms with Crippen LogP contribution in [0.2, 0.25) is 0 Å². The first kappa shape index (κ1) is 24.0. The van der Waals surface area contributed by atoms with E-state index in [0.29, 0.717) is 12.1 Å². The van der Waals surface area contributed by atoms with E-state index < -0.39 is 0 Å². The molecule has 1 saturated heterocycles. The highest BCUT2D eigenvalue weighted by Crippen LogP contribution is 2.30. The Bertz CT molecular complexity index is 1280. The van der Waals surface area contributed by atoms with Gasteiger partial charge in [-0.2, -0.15) is 0 Å². The lowest BCUT2D eigenvalue weighted by molar-refractivity contribution is 0.0952. The quantitative estimate of drug-likeness (QED) is 0.308. The fourth-order valence-corrected chi connectivity index (χ4v) is 5.95. The summed E-state index contributed by atoms with van der Waals surface area (Å²) in [5.74, 6) is -0.00723. The zero-order chi connectivity index (χ0) is 24.2. The second-order valence-electron chi connectivity index (χ2n) is 9.38. The molecule has 7 heteroatoms. The number of nitrogens with zero attached hydrogens (tertiary/aromatic N) is 4. The van der Waals surface area contributed by atoms with Gasteiger partial charge < -0.3 is 10.2 Å². The molecule has 1 aliphatic heterocycles. The van der Waals surface area contributed by atoms with E-state index in [-0.39, 0.29) is 5.91 Å². The summed E-state index contributed by atoms with van der Waals surface area (Å²) in [5.41, 5.74) is 5.29. The topological polar surface area (TPSA) is 52.9 Å². The average molecular weight is 490 g/mol. The number of aromatic nitrogens is 2. The number of nitrogens with one attached hydrogen (secondary N) is 1. The number of thiazole rings is 1. The van der Waals surface area contributed by atoms with Crippen molar-refractivity contribution >= 4 is 32.4 Å². The van der Waals surface area contributed by atoms with E-state index in [2.05, 4.69) is 63.8 Å². The van der Waals surface area contributed by atoms with Crippen LogP contribution in [0.5, 0.6) is 0 Å². The van der Waals surface area contributed by atoms with Gasteiger partial charge in [0.05, 0.1) is 15.9 Å². The molecule has 0 atom stereocenters. The largest absolute Gasteiger partial charge is 0.352 e. The van der Waals surface area contributed by atoms with Crippen LogP contribution in [0, 0.1) is 0 Å². The van der Waals surface area contributed by atoms with Gasteiger partial charge in [-0.25, -0.2) is 4.98 Å². The molecule has 0 spiro atoms. The number of carbonyl (C=O) groups excluding carboxylic acids is 1. The Hall–Kier alpha value is -2.74. The van der Waals surface area contributed by atoms with Gasteiger partial charge in [-0.3, -0.25) is 14.1 Å². The molecule has 1 amide bonds. The Labute approximate surface area is 211 Å². The van der Waals surface area contributed by atoms with Gasteiger partial charge in [-0.15, -0.1) is 0 Å². The van der Waals surface area contributed by atoms with Crippen molar-refractivity contribution < 1.29 is 4.79 Å². The summed E-state index contributed by atoms with van der Waals surface area (Å²) in [5, 5.41) is 3.07. The van der Waals surface area contributed by atoms with E-state index in [1.165, 1.54) is 31.5 Å². The van der Waals surface area contributed by atoms with Crippen LogP contribution in [0.25, 0.3) is 26.4 Å². The molecule has 3 heterocycles. The summed E-state index contributed by atoms with van der Waals surface area (Å²) in [4.78, 5) is 23.4. The summed E-state index contributed by atoms with van der Waals surface area (Å²) >= 11 is 1.63. The minimum atomic E-state index is -0.00723. The summed E-state index contributed by atoms with van der Waals surface area (Å²) < 4.78 is 3.22. The van der Waals surface area contributed by atoms with Gasteiger partial charge in [0, 0.05) is 30.4 Å². The Balaban J connectivity index is 1.25. The smallest absolute Gasteiger partial charge is 0.251 e. The maximum atomic E-state index is 12.7. The fraction of sp³-hybridized carbons (Fsp3) is 0.429. The molecule has 0 unspecified atom stereocenters. The second-order valence-corrected chi connectivity index (χ2v) is 10.4. The third kappa shape index (κ3) is 5.42. The molecular formula is C28H35N5OS. The average Bonchev–Trinajstić information content (AvgIpc) is 3.61. The number of rotatable bonds is 10. The van der Waals surface area contributed by atoms with Crippen molar-refractivity contribution in [3.05, 3.63) is 59.8 Å². The van der Waals surface area contributed by atoms with Crippen molar-refractivity contribution in [2.45, 2.75) is 39.7 Å². The van der Waals surface area contributed by atoms with Gasteiger partial charge >= 0.3 is 0 Å². The molecule has 0 bridgehead atoms. The van der Waals surface area contributed by atoms with Gasteiger partial charge in [0.25, 0.3) is 5.91 Å². The van der Waals surface area contributed by atoms with E-state index in [1.807, 2.05) is 18.2 Å². The first-order valence-corrected chi connectivity index (χ1v) is 13.7. The first-order chi connectivity index (χ1) is 17.1. The van der Waals surface area contributed by atoms with Crippen molar-refractivity contribution in [1.29, 1.82) is 0 Å². The molecule has 6 nitrogen and oxygen atoms in total. The number of benzene rings is 2. The van der Waals surface area contributed by atoms with Gasteiger partial charge in [0.2, 0.25) is 0 Å². The first-order valence-electron chi connectivity index (χ1n) is 12.9. The Morgan fingerprint density at radius 2 is 1.86 bits per heavy atom. The highest BCUT2D eigenvalue weighted by molar-refractivity contribution is 7.23. The molecule has 1 fully saturated rings. The summed E-state index contributed by atoms with van der Waals surface area (Å²) in [6, 6.07) is 14.8. The zero-order valence-corrected chi connectivity index (χ0v) is 21.6. The van der Waals surface area contributed by atoms with Crippen LogP contribution >= 0.6 is 11.3 Å². The van der Waals surface area contributed by atoms with Crippen LogP contribution in [0.1, 0.15) is 49.0 Å². The third-order valence-electron chi connectivity index (χ3n) is 7.04. The molecule has 0 aliphatic carbocycles. The number of imidazole rings is 1. The number of amides is 1. The molecule has 5 rings (SSSR count). The molecule has 0 saturated carbocycles. The Kier molecular flexibility index (Phi) is 7.46. The molecule has 1 aliphatic rings. The highest BCUT2D eigenvalue weighted by atomic mass is 32.1. The molecule has 0 radical (unpaired) electrons. The molecule has 1 N–H and O–H groups in total. The number of hydrogen-bond donors (Lipinski definition) is 1. The number of likely N-dealkylation sites (tertiary alicyclic amines) is 1. The molecular weight excluding hydrogens is 454 g/mol. The normalized spacial score (nSPS) is 14.5. The lowest BCUT2D eigenvalue weighted by atomic mass is 10.1. The maximum absolute atomic E-state index is 12.7. The molecule has 35 heavy (non-hydrogen) atoms. The van der Waals surface area contributed by atoms with Crippen LogP contribution in [0.4, 0.5) is 0 Å². The van der Waals surface area contributed by atoms with Crippen LogP contribution in [-0.4, -0.2) is 64.4 Å². The summed E-state index contributed by atoms with van der Waals surface area (Å²) in [6.45, 7) is 11.6. The highest BCUT2D eigenvalue weighted by Gasteiger charge is 2.14. The fourth-order valence-electron chi connectivity index (χ4n) is 4.91. The summed E-state index contributed by atoms with van der Waals surface area (Å²) in [7, 11) is 0. The second kappa shape index (κ2) is 10.9. The van der Waals surface area contributed by atoms with E-state index in [1.54, 1.807) is 11.3 Å². The number of fused-ring (bicyclic) bond motifs is 3. The maximum Gasteiger partial charge on any atom is 0.251 e. The van der Waals surface area contributed by atoms with Crippen LogP contribution in [-0.2, 0) is 6.54 Å². The van der Waals surface area contributed by atoms with Crippen molar-refractivity contribution in [2.75, 3.05) is 39.3 Å². The Morgan fingerprint density at radius 1 is 1.09 bits per heavy atom. The van der Waals surface area contributed by atoms with Gasteiger partial charge in [-0.1, -0.05) is 49.4 Å². The van der Waals surface area contributed by atoms with E-state index in [4.69, 9.17) is 4.98 Å². The molecule has 184 valence electrons. The molecule has 4 aromatic rings. The SMILES string of the molecule is CCN(CC)CCCNC(=O)c1ccc2c(c1)sc1nc(-c3ccc(CN4CCCC4)cc3)cn12. The Morgan fingerprint density at radius 3 is 2.60 bits per heavy atom. The number of hydrogen-bond acceptors (Lipinski definition) is 5. The van der Waals surface area contributed by atoms with E-state index in [0.717, 1.165) is 59.0 Å². The van der Waals surface area contributed by atoms with Crippen LogP contribution < -0.4 is 5.32 Å². The standard InChI is InChI=1S/C28H35N5OS/c1-3-31(4-2)17-7-14-29-27(34)23-12-13-25-26(18-23)35-28-30-24(20-33(25)28)22-10-8-21(9-11-22)19-32-15-5-6-16-32/h8-13,18,20H,3-7,14-17,19H2,1-2H3,(H,29,34). The van der Waals surface area contributed by atoms with Crippen molar-refractivity contribution in [3.8, 4) is 11.3 Å². The number of carbonyl (C=O) groups is 1. The lowest BCUT2D eigenvalue weighted by Gasteiger charge is -2.17. The lowest BCUT2D eigenvalue weighted by Crippen LogP contribution is -2.29. The van der Waals surface area contributed by atoms with Gasteiger partial charge in [0.1, 0.15) is 0 Å².